The zero-order chi connectivity index (χ0) is 18.2. The number of aryl methyl sites for hydroxylation is 1. The number of nitrogens with zero attached hydrogens (tertiary/aromatic N) is 4. The van der Waals surface area contributed by atoms with Gasteiger partial charge in [0.25, 0.3) is 0 Å². The molecule has 1 fully saturated rings. The number of para-hydroxylation sites is 1. The Kier molecular flexibility index (Phi) is 6.94. The lowest BCUT2D eigenvalue weighted by molar-refractivity contribution is 0.630. The van der Waals surface area contributed by atoms with E-state index in [4.69, 9.17) is 4.99 Å². The molecule has 26 heavy (non-hydrogen) atoms. The first-order valence-corrected chi connectivity index (χ1v) is 10.1. The molecule has 1 aromatic carbocycles. The number of aromatic nitrogens is 2. The molecule has 2 N–H and O–H groups in total. The predicted octanol–water partition coefficient (Wildman–Crippen LogP) is 2.87. The maximum Gasteiger partial charge on any atom is 0.191 e. The molecular formula is C19H27BrN6. The van der Waals surface area contributed by atoms with Gasteiger partial charge in [0.05, 0.1) is 12.0 Å². The molecule has 1 aliphatic rings. The Morgan fingerprint density at radius 3 is 3.04 bits per heavy atom. The Labute approximate surface area is 163 Å². The first-order chi connectivity index (χ1) is 12.8. The number of hydrogen-bond donors (Lipinski definition) is 2. The Hall–Kier alpha value is -2.02. The van der Waals surface area contributed by atoms with Gasteiger partial charge in [-0.2, -0.15) is 0 Å². The van der Waals surface area contributed by atoms with E-state index in [1.165, 1.54) is 5.69 Å². The van der Waals surface area contributed by atoms with Crippen LogP contribution in [0.5, 0.6) is 0 Å². The second kappa shape index (κ2) is 9.62. The molecule has 2 heterocycles. The molecule has 140 valence electrons. The van der Waals surface area contributed by atoms with Gasteiger partial charge in [-0.25, -0.2) is 4.98 Å². The smallest absolute Gasteiger partial charge is 0.191 e. The standard InChI is InChI=1S/C19H27BrN6/c1-2-22-19(23-9-5-11-25-13-10-21-15-25)24-16-8-12-26(14-16)18-7-4-3-6-17(18)20/h3-4,6-7,10,13,15-16H,2,5,8-9,11-12,14H2,1H3,(H2,22,23,24). The largest absolute Gasteiger partial charge is 0.368 e. The van der Waals surface area contributed by atoms with Crippen LogP contribution in [0.15, 0.2) is 52.5 Å². The highest BCUT2D eigenvalue weighted by atomic mass is 79.9. The molecule has 0 amide bonds. The van der Waals surface area contributed by atoms with Crippen LogP contribution in [0.1, 0.15) is 19.8 Å². The fourth-order valence-corrected chi connectivity index (χ4v) is 3.72. The van der Waals surface area contributed by atoms with E-state index in [2.05, 4.69) is 72.2 Å². The number of guanidine groups is 1. The average molecular weight is 419 g/mol. The summed E-state index contributed by atoms with van der Waals surface area (Å²) in [4.78, 5) is 11.2. The van der Waals surface area contributed by atoms with Crippen molar-refractivity contribution < 1.29 is 0 Å². The van der Waals surface area contributed by atoms with Gasteiger partial charge in [-0.3, -0.25) is 4.99 Å². The van der Waals surface area contributed by atoms with Crippen molar-refractivity contribution in [2.45, 2.75) is 32.4 Å². The quantitative estimate of drug-likeness (QED) is 0.412. The van der Waals surface area contributed by atoms with Gasteiger partial charge in [0.15, 0.2) is 5.96 Å². The van der Waals surface area contributed by atoms with E-state index in [9.17, 15) is 0 Å². The number of benzene rings is 1. The zero-order valence-electron chi connectivity index (χ0n) is 15.2. The van der Waals surface area contributed by atoms with Crippen LogP contribution < -0.4 is 15.5 Å². The second-order valence-corrected chi connectivity index (χ2v) is 7.30. The first-order valence-electron chi connectivity index (χ1n) is 9.26. The van der Waals surface area contributed by atoms with Gasteiger partial charge >= 0.3 is 0 Å². The van der Waals surface area contributed by atoms with E-state index in [0.717, 1.165) is 56.0 Å². The summed E-state index contributed by atoms with van der Waals surface area (Å²) in [6, 6.07) is 8.82. The minimum Gasteiger partial charge on any atom is -0.368 e. The number of nitrogens with one attached hydrogen (secondary N) is 2. The molecule has 1 unspecified atom stereocenters. The molecule has 7 heteroatoms. The van der Waals surface area contributed by atoms with Crippen LogP contribution in [0.4, 0.5) is 5.69 Å². The van der Waals surface area contributed by atoms with E-state index in [0.29, 0.717) is 6.04 Å². The molecule has 6 nitrogen and oxygen atoms in total. The normalized spacial score (nSPS) is 17.5. The van der Waals surface area contributed by atoms with Gasteiger partial charge < -0.3 is 20.1 Å². The van der Waals surface area contributed by atoms with Crippen LogP contribution in [0.3, 0.4) is 0 Å². The summed E-state index contributed by atoms with van der Waals surface area (Å²) in [5, 5.41) is 6.95. The maximum absolute atomic E-state index is 4.72. The molecule has 1 saturated heterocycles. The highest BCUT2D eigenvalue weighted by Crippen LogP contribution is 2.28. The first kappa shape index (κ1) is 18.8. The zero-order valence-corrected chi connectivity index (χ0v) is 16.8. The van der Waals surface area contributed by atoms with Crippen LogP contribution >= 0.6 is 15.9 Å². The third-order valence-electron chi connectivity index (χ3n) is 4.47. The minimum absolute atomic E-state index is 0.411. The van der Waals surface area contributed by atoms with Crippen molar-refractivity contribution >= 4 is 27.6 Å². The molecule has 2 aromatic rings. The SMILES string of the molecule is CCNC(=NCCCn1ccnc1)NC1CCN(c2ccccc2Br)C1. The van der Waals surface area contributed by atoms with Gasteiger partial charge in [0, 0.05) is 55.6 Å². The summed E-state index contributed by atoms with van der Waals surface area (Å²) in [7, 11) is 0. The lowest BCUT2D eigenvalue weighted by Crippen LogP contribution is -2.44. The molecule has 0 aliphatic carbocycles. The van der Waals surface area contributed by atoms with E-state index in [-0.39, 0.29) is 0 Å². The Morgan fingerprint density at radius 1 is 1.38 bits per heavy atom. The molecule has 1 aromatic heterocycles. The maximum atomic E-state index is 4.72. The molecule has 3 rings (SSSR count). The number of imidazole rings is 1. The van der Waals surface area contributed by atoms with Gasteiger partial charge in [0.1, 0.15) is 0 Å². The topological polar surface area (TPSA) is 57.5 Å². The van der Waals surface area contributed by atoms with E-state index in [1.54, 1.807) is 0 Å². The van der Waals surface area contributed by atoms with Crippen LogP contribution in [0.2, 0.25) is 0 Å². The van der Waals surface area contributed by atoms with Crippen molar-refractivity contribution in [1.29, 1.82) is 0 Å². The van der Waals surface area contributed by atoms with Crippen molar-refractivity contribution in [1.82, 2.24) is 20.2 Å². The molecule has 0 bridgehead atoms. The fourth-order valence-electron chi connectivity index (χ4n) is 3.18. The van der Waals surface area contributed by atoms with E-state index >= 15 is 0 Å². The van der Waals surface area contributed by atoms with Crippen LogP contribution in [0, 0.1) is 0 Å². The van der Waals surface area contributed by atoms with Gasteiger partial charge in [-0.05, 0) is 47.8 Å². The fraction of sp³-hybridized carbons (Fsp3) is 0.474. The number of halogens is 1. The summed E-state index contributed by atoms with van der Waals surface area (Å²) >= 11 is 3.66. The summed E-state index contributed by atoms with van der Waals surface area (Å²) < 4.78 is 3.24. The Bertz CT molecular complexity index is 700. The third kappa shape index (κ3) is 5.24. The Balaban J connectivity index is 1.50. The molecule has 0 saturated carbocycles. The van der Waals surface area contributed by atoms with Crippen LogP contribution in [-0.4, -0.2) is 47.7 Å². The third-order valence-corrected chi connectivity index (χ3v) is 5.14. The van der Waals surface area contributed by atoms with Gasteiger partial charge in [0.2, 0.25) is 0 Å². The lowest BCUT2D eigenvalue weighted by atomic mass is 10.2. The summed E-state index contributed by atoms with van der Waals surface area (Å²) in [6.45, 7) is 6.76. The lowest BCUT2D eigenvalue weighted by Gasteiger charge is -2.21. The monoisotopic (exact) mass is 418 g/mol. The van der Waals surface area contributed by atoms with Gasteiger partial charge in [-0.15, -0.1) is 0 Å². The minimum atomic E-state index is 0.411. The molecular weight excluding hydrogens is 392 g/mol. The number of rotatable bonds is 7. The van der Waals surface area contributed by atoms with Crippen molar-refractivity contribution in [2.75, 3.05) is 31.1 Å². The predicted molar refractivity (Wildman–Crippen MR) is 111 cm³/mol. The summed E-state index contributed by atoms with van der Waals surface area (Å²) in [5.41, 5.74) is 1.26. The van der Waals surface area contributed by atoms with Crippen LogP contribution in [0.25, 0.3) is 0 Å². The highest BCUT2D eigenvalue weighted by molar-refractivity contribution is 9.10. The number of aliphatic imine (C=N–C) groups is 1. The number of hydrogen-bond acceptors (Lipinski definition) is 3. The second-order valence-electron chi connectivity index (χ2n) is 6.44. The number of anilines is 1. The van der Waals surface area contributed by atoms with Crippen molar-refractivity contribution in [3.05, 3.63) is 47.5 Å². The highest BCUT2D eigenvalue weighted by Gasteiger charge is 2.24. The van der Waals surface area contributed by atoms with Crippen molar-refractivity contribution in [2.24, 2.45) is 4.99 Å². The van der Waals surface area contributed by atoms with Crippen molar-refractivity contribution in [3.63, 3.8) is 0 Å². The summed E-state index contributed by atoms with van der Waals surface area (Å²) in [5.74, 6) is 0.914. The summed E-state index contributed by atoms with van der Waals surface area (Å²) in [6.07, 6.45) is 7.76. The molecule has 1 atom stereocenters. The Morgan fingerprint density at radius 2 is 2.27 bits per heavy atom. The van der Waals surface area contributed by atoms with Gasteiger partial charge in [-0.1, -0.05) is 12.1 Å². The molecule has 0 spiro atoms. The van der Waals surface area contributed by atoms with Crippen molar-refractivity contribution in [3.8, 4) is 0 Å². The van der Waals surface area contributed by atoms with Crippen LogP contribution in [-0.2, 0) is 6.54 Å². The molecule has 0 radical (unpaired) electrons. The average Bonchev–Trinajstić information content (AvgIpc) is 3.31. The van der Waals surface area contributed by atoms with E-state index in [1.807, 2.05) is 18.7 Å². The van der Waals surface area contributed by atoms with E-state index < -0.39 is 0 Å². The molecule has 1 aliphatic heterocycles.